The topological polar surface area (TPSA) is 115 Å². The van der Waals surface area contributed by atoms with E-state index in [9.17, 15) is 19.5 Å². The molecule has 0 aliphatic carbocycles. The number of anilines is 1. The monoisotopic (exact) mass is 562 g/mol. The predicted octanol–water partition coefficient (Wildman–Crippen LogP) is 5.62. The van der Waals surface area contributed by atoms with Crippen molar-refractivity contribution in [1.29, 1.82) is 0 Å². The van der Waals surface area contributed by atoms with Crippen molar-refractivity contribution >= 4 is 39.7 Å². The van der Waals surface area contributed by atoms with Crippen LogP contribution in [0.1, 0.15) is 65.6 Å². The van der Waals surface area contributed by atoms with E-state index in [2.05, 4.69) is 11.9 Å². The van der Waals surface area contributed by atoms with Crippen LogP contribution < -0.4 is 19.1 Å². The van der Waals surface area contributed by atoms with Crippen LogP contribution in [0.15, 0.2) is 48.0 Å². The van der Waals surface area contributed by atoms with Gasteiger partial charge < -0.3 is 19.3 Å². The van der Waals surface area contributed by atoms with E-state index in [1.807, 2.05) is 6.07 Å². The fourth-order valence-electron chi connectivity index (χ4n) is 4.82. The van der Waals surface area contributed by atoms with E-state index in [1.165, 1.54) is 11.8 Å². The molecule has 3 heterocycles. The molecule has 2 aliphatic heterocycles. The summed E-state index contributed by atoms with van der Waals surface area (Å²) in [6.45, 7) is 6.52. The molecule has 2 aliphatic rings. The molecule has 0 saturated carbocycles. The van der Waals surface area contributed by atoms with Gasteiger partial charge in [0, 0.05) is 12.5 Å². The van der Waals surface area contributed by atoms with Crippen LogP contribution in [-0.2, 0) is 9.59 Å². The third-order valence-electron chi connectivity index (χ3n) is 6.76. The highest BCUT2D eigenvalue weighted by Gasteiger charge is 2.48. The summed E-state index contributed by atoms with van der Waals surface area (Å²) in [5.41, 5.74) is 1.23. The summed E-state index contributed by atoms with van der Waals surface area (Å²) in [6, 6.07) is 11.0. The number of carbonyl (C=O) groups is 3. The number of hydrogen-bond acceptors (Lipinski definition) is 9. The summed E-state index contributed by atoms with van der Waals surface area (Å²) in [5.74, 6) is -0.692. The number of thiazole rings is 1. The summed E-state index contributed by atoms with van der Waals surface area (Å²) in [4.78, 5) is 45.4. The van der Waals surface area contributed by atoms with Gasteiger partial charge in [-0.3, -0.25) is 19.3 Å². The number of rotatable bonds is 9. The van der Waals surface area contributed by atoms with Crippen molar-refractivity contribution < 1.29 is 33.7 Å². The van der Waals surface area contributed by atoms with Gasteiger partial charge >= 0.3 is 5.91 Å². The van der Waals surface area contributed by atoms with Crippen molar-refractivity contribution in [2.45, 2.75) is 46.1 Å². The summed E-state index contributed by atoms with van der Waals surface area (Å²) in [6.07, 6.45) is 3.00. The van der Waals surface area contributed by atoms with Gasteiger partial charge in [-0.1, -0.05) is 43.2 Å². The van der Waals surface area contributed by atoms with Crippen molar-refractivity contribution in [3.63, 3.8) is 0 Å². The van der Waals surface area contributed by atoms with Gasteiger partial charge in [-0.2, -0.15) is 0 Å². The van der Waals surface area contributed by atoms with Crippen LogP contribution in [0.25, 0.3) is 5.76 Å². The van der Waals surface area contributed by atoms with Crippen LogP contribution >= 0.6 is 11.3 Å². The molecule has 10 heteroatoms. The number of ether oxygens (including phenoxy) is 3. The number of aryl methyl sites for hydroxylation is 1. The van der Waals surface area contributed by atoms with Crippen LogP contribution in [0.4, 0.5) is 5.13 Å². The predicted molar refractivity (Wildman–Crippen MR) is 151 cm³/mol. The third-order valence-corrected chi connectivity index (χ3v) is 8.02. The third kappa shape index (κ3) is 5.19. The van der Waals surface area contributed by atoms with Gasteiger partial charge in [-0.25, -0.2) is 4.98 Å². The quantitative estimate of drug-likeness (QED) is 0.117. The molecule has 9 nitrogen and oxygen atoms in total. The number of aromatic nitrogens is 1. The van der Waals surface area contributed by atoms with Crippen molar-refractivity contribution in [3.05, 3.63) is 69.7 Å². The molecule has 2 aromatic carbocycles. The number of fused-ring (bicyclic) bond motifs is 1. The number of carbonyl (C=O) groups excluding carboxylic acids is 3. The highest BCUT2D eigenvalue weighted by atomic mass is 32.1. The molecule has 5 rings (SSSR count). The second-order valence-electron chi connectivity index (χ2n) is 9.62. The highest BCUT2D eigenvalue weighted by Crippen LogP contribution is 2.45. The molecule has 0 bridgehead atoms. The zero-order valence-corrected chi connectivity index (χ0v) is 23.4. The van der Waals surface area contributed by atoms with Crippen LogP contribution in [0, 0.1) is 6.92 Å². The molecule has 1 N–H and O–H groups in total. The maximum absolute atomic E-state index is 13.5. The van der Waals surface area contributed by atoms with E-state index in [0.717, 1.165) is 30.6 Å². The smallest absolute Gasteiger partial charge is 0.301 e. The number of ketones is 2. The van der Waals surface area contributed by atoms with Gasteiger partial charge in [0.2, 0.25) is 0 Å². The average Bonchev–Trinajstić information content (AvgIpc) is 3.47. The average molecular weight is 563 g/mol. The molecule has 1 aromatic heterocycles. The summed E-state index contributed by atoms with van der Waals surface area (Å²) >= 11 is 1.04. The molecule has 1 fully saturated rings. The number of benzene rings is 2. The number of aliphatic hydroxyl groups excluding tert-OH is 1. The lowest BCUT2D eigenvalue weighted by Gasteiger charge is -2.24. The number of Topliss-reactive ketones (excluding diaryl/α,β-unsaturated/α-hetero) is 2. The Bertz CT molecular complexity index is 1510. The van der Waals surface area contributed by atoms with Crippen molar-refractivity contribution in [2.75, 3.05) is 24.7 Å². The van der Waals surface area contributed by atoms with E-state index in [4.69, 9.17) is 14.2 Å². The molecule has 1 saturated heterocycles. The zero-order chi connectivity index (χ0) is 28.4. The number of hydrogen-bond donors (Lipinski definition) is 1. The second kappa shape index (κ2) is 11.5. The van der Waals surface area contributed by atoms with Crippen LogP contribution in [0.3, 0.4) is 0 Å². The van der Waals surface area contributed by atoms with Gasteiger partial charge in [0.15, 0.2) is 22.4 Å². The van der Waals surface area contributed by atoms with Crippen molar-refractivity contribution in [1.82, 2.24) is 4.98 Å². The molecule has 40 heavy (non-hydrogen) atoms. The molecular weight excluding hydrogens is 532 g/mol. The SMILES string of the molecule is CCCCCOc1cccc([C@@H]2/C(=C(\O)c3ccc4c(c3)OCCO4)C(=O)C(=O)N2c2nc(C)c(C(C)=O)s2)c1. The normalized spacial score (nSPS) is 17.8. The van der Waals surface area contributed by atoms with Crippen LogP contribution in [-0.4, -0.2) is 47.4 Å². The van der Waals surface area contributed by atoms with Crippen molar-refractivity contribution in [3.8, 4) is 17.2 Å². The Morgan fingerprint density at radius 2 is 1.90 bits per heavy atom. The highest BCUT2D eigenvalue weighted by molar-refractivity contribution is 7.18. The largest absolute Gasteiger partial charge is 0.507 e. The standard InChI is InChI=1S/C30H30N2O7S/c1-4-5-6-12-37-21-9-7-8-19(15-21)25-24(26(34)20-10-11-22-23(16-20)39-14-13-38-22)27(35)29(36)32(25)30-31-17(2)28(40-30)18(3)33/h7-11,15-16,25,34H,4-6,12-14H2,1-3H3/b26-24+/t25-/m1/s1. The Morgan fingerprint density at radius 3 is 2.62 bits per heavy atom. The molecule has 1 amide bonds. The number of unbranched alkanes of at least 4 members (excludes halogenated alkanes) is 2. The van der Waals surface area contributed by atoms with Gasteiger partial charge in [-0.05, 0) is 49.2 Å². The van der Waals surface area contributed by atoms with E-state index >= 15 is 0 Å². The van der Waals surface area contributed by atoms with E-state index < -0.39 is 17.7 Å². The first-order valence-corrected chi connectivity index (χ1v) is 14.0. The van der Waals surface area contributed by atoms with Gasteiger partial charge in [0.25, 0.3) is 5.78 Å². The van der Waals surface area contributed by atoms with E-state index in [0.29, 0.717) is 58.8 Å². The zero-order valence-electron chi connectivity index (χ0n) is 22.6. The Balaban J connectivity index is 1.63. The van der Waals surface area contributed by atoms with Crippen LogP contribution in [0.2, 0.25) is 0 Å². The minimum atomic E-state index is -1.00. The van der Waals surface area contributed by atoms with E-state index in [-0.39, 0.29) is 22.2 Å². The summed E-state index contributed by atoms with van der Waals surface area (Å²) < 4.78 is 17.2. The minimum Gasteiger partial charge on any atom is -0.507 e. The molecule has 3 aromatic rings. The summed E-state index contributed by atoms with van der Waals surface area (Å²) in [5, 5.41) is 11.7. The fraction of sp³-hybridized carbons (Fsp3) is 0.333. The van der Waals surface area contributed by atoms with Gasteiger partial charge in [-0.15, -0.1) is 0 Å². The Morgan fingerprint density at radius 1 is 1.12 bits per heavy atom. The first-order chi connectivity index (χ1) is 19.3. The minimum absolute atomic E-state index is 0.0953. The lowest BCUT2D eigenvalue weighted by molar-refractivity contribution is -0.132. The number of aliphatic hydroxyl groups is 1. The molecule has 0 spiro atoms. The molecule has 0 radical (unpaired) electrons. The maximum atomic E-state index is 13.5. The second-order valence-corrected chi connectivity index (χ2v) is 10.6. The van der Waals surface area contributed by atoms with E-state index in [1.54, 1.807) is 43.3 Å². The van der Waals surface area contributed by atoms with Gasteiger partial charge in [0.05, 0.1) is 28.8 Å². The molecule has 0 unspecified atom stereocenters. The fourth-order valence-corrected chi connectivity index (χ4v) is 5.81. The Labute approximate surface area is 236 Å². The molecular formula is C30H30N2O7S. The lowest BCUT2D eigenvalue weighted by Crippen LogP contribution is -2.29. The molecule has 1 atom stereocenters. The molecule has 208 valence electrons. The Hall–Kier alpha value is -4.18. The Kier molecular flexibility index (Phi) is 7.88. The lowest BCUT2D eigenvalue weighted by atomic mass is 9.95. The first-order valence-electron chi connectivity index (χ1n) is 13.2. The van der Waals surface area contributed by atoms with Crippen molar-refractivity contribution in [2.24, 2.45) is 0 Å². The first kappa shape index (κ1) is 27.4. The number of nitrogens with zero attached hydrogens (tertiary/aromatic N) is 2. The van der Waals surface area contributed by atoms with Gasteiger partial charge in [0.1, 0.15) is 24.7 Å². The maximum Gasteiger partial charge on any atom is 0.301 e. The summed E-state index contributed by atoms with van der Waals surface area (Å²) in [7, 11) is 0. The number of amides is 1. The van der Waals surface area contributed by atoms with Crippen LogP contribution in [0.5, 0.6) is 17.2 Å².